The maximum absolute atomic E-state index is 14.2. The van der Waals surface area contributed by atoms with Crippen LogP contribution < -0.4 is 15.8 Å². The van der Waals surface area contributed by atoms with Gasteiger partial charge >= 0.3 is 0 Å². The number of nitrogen functional groups attached to an aromatic ring is 1. The van der Waals surface area contributed by atoms with E-state index in [4.69, 9.17) is 10.5 Å². The Kier molecular flexibility index (Phi) is 4.70. The molecule has 2 heterocycles. The molecule has 3 N–H and O–H groups in total. The number of rotatable bonds is 5. The number of ether oxygens (including phenoxy) is 1. The molecule has 0 spiro atoms. The first-order chi connectivity index (χ1) is 12.4. The van der Waals surface area contributed by atoms with Gasteiger partial charge in [0, 0.05) is 42.9 Å². The second-order valence-corrected chi connectivity index (χ2v) is 5.78. The van der Waals surface area contributed by atoms with Gasteiger partial charge in [0.25, 0.3) is 0 Å². The Bertz CT molecular complexity index is 933. The molecule has 0 aliphatic heterocycles. The molecule has 3 rings (SSSR count). The van der Waals surface area contributed by atoms with Crippen LogP contribution in [0.25, 0.3) is 0 Å². The maximum Gasteiger partial charge on any atom is 0.229 e. The summed E-state index contributed by atoms with van der Waals surface area (Å²) in [4.78, 5) is 8.52. The molecule has 0 aliphatic carbocycles. The molecular formula is C17H18F2N6O. The highest BCUT2D eigenvalue weighted by molar-refractivity contribution is 5.55. The predicted octanol–water partition coefficient (Wildman–Crippen LogP) is 2.72. The Morgan fingerprint density at radius 1 is 1.23 bits per heavy atom. The van der Waals surface area contributed by atoms with E-state index in [0.29, 0.717) is 16.9 Å². The Labute approximate surface area is 148 Å². The molecule has 0 aliphatic rings. The van der Waals surface area contributed by atoms with Gasteiger partial charge in [-0.15, -0.1) is 0 Å². The molecule has 0 radical (unpaired) electrons. The van der Waals surface area contributed by atoms with E-state index in [-0.39, 0.29) is 29.5 Å². The third-order valence-electron chi connectivity index (χ3n) is 3.94. The van der Waals surface area contributed by atoms with Crippen LogP contribution in [0.2, 0.25) is 0 Å². The van der Waals surface area contributed by atoms with E-state index in [2.05, 4.69) is 20.4 Å². The Morgan fingerprint density at radius 3 is 2.50 bits per heavy atom. The van der Waals surface area contributed by atoms with Crippen LogP contribution in [0.4, 0.5) is 26.2 Å². The van der Waals surface area contributed by atoms with Crippen molar-refractivity contribution in [3.8, 4) is 5.75 Å². The number of aromatic nitrogens is 4. The van der Waals surface area contributed by atoms with Gasteiger partial charge in [0.1, 0.15) is 23.2 Å². The SMILES string of the molecule is COc1cc(F)c(Cc2nc(Nc3cnn(C)c3)nc(N)c2C)c(F)c1. The van der Waals surface area contributed by atoms with E-state index < -0.39 is 11.6 Å². The summed E-state index contributed by atoms with van der Waals surface area (Å²) >= 11 is 0. The summed E-state index contributed by atoms with van der Waals surface area (Å²) in [6.45, 7) is 1.71. The molecule has 0 atom stereocenters. The molecule has 0 amide bonds. The van der Waals surface area contributed by atoms with Crippen molar-refractivity contribution in [2.45, 2.75) is 13.3 Å². The fraction of sp³-hybridized carbons (Fsp3) is 0.235. The normalized spacial score (nSPS) is 10.8. The summed E-state index contributed by atoms with van der Waals surface area (Å²) in [6, 6.07) is 2.26. The van der Waals surface area contributed by atoms with Crippen LogP contribution in [0, 0.1) is 18.6 Å². The van der Waals surface area contributed by atoms with Crippen molar-refractivity contribution < 1.29 is 13.5 Å². The van der Waals surface area contributed by atoms with Crippen LogP contribution in [0.1, 0.15) is 16.8 Å². The highest BCUT2D eigenvalue weighted by atomic mass is 19.1. The molecular weight excluding hydrogens is 342 g/mol. The van der Waals surface area contributed by atoms with Gasteiger partial charge in [0.05, 0.1) is 24.7 Å². The molecule has 136 valence electrons. The fourth-order valence-electron chi connectivity index (χ4n) is 2.46. The smallest absolute Gasteiger partial charge is 0.229 e. The molecule has 0 bridgehead atoms. The van der Waals surface area contributed by atoms with Crippen molar-refractivity contribution in [2.24, 2.45) is 7.05 Å². The van der Waals surface area contributed by atoms with Gasteiger partial charge < -0.3 is 15.8 Å². The lowest BCUT2D eigenvalue weighted by molar-refractivity contribution is 0.405. The van der Waals surface area contributed by atoms with Gasteiger partial charge in [-0.2, -0.15) is 10.1 Å². The van der Waals surface area contributed by atoms with Crippen molar-refractivity contribution >= 4 is 17.5 Å². The van der Waals surface area contributed by atoms with Gasteiger partial charge in [-0.3, -0.25) is 4.68 Å². The second kappa shape index (κ2) is 6.95. The first-order valence-electron chi connectivity index (χ1n) is 7.78. The Morgan fingerprint density at radius 2 is 1.92 bits per heavy atom. The quantitative estimate of drug-likeness (QED) is 0.727. The molecule has 0 saturated heterocycles. The highest BCUT2D eigenvalue weighted by Crippen LogP contribution is 2.25. The van der Waals surface area contributed by atoms with Crippen LogP contribution in [-0.2, 0) is 13.5 Å². The molecule has 3 aromatic rings. The van der Waals surface area contributed by atoms with Crippen LogP contribution in [0.3, 0.4) is 0 Å². The minimum absolute atomic E-state index is 0.0675. The zero-order valence-electron chi connectivity index (χ0n) is 14.5. The average molecular weight is 360 g/mol. The summed E-state index contributed by atoms with van der Waals surface area (Å²) < 4.78 is 35.0. The molecule has 26 heavy (non-hydrogen) atoms. The van der Waals surface area contributed by atoms with Gasteiger partial charge in [-0.1, -0.05) is 0 Å². The number of methoxy groups -OCH3 is 1. The van der Waals surface area contributed by atoms with Crippen LogP contribution in [0.15, 0.2) is 24.5 Å². The largest absolute Gasteiger partial charge is 0.497 e. The number of nitrogens with zero attached hydrogens (tertiary/aromatic N) is 4. The molecule has 7 nitrogen and oxygen atoms in total. The Hall–Kier alpha value is -3.23. The molecule has 0 unspecified atom stereocenters. The van der Waals surface area contributed by atoms with E-state index in [1.807, 2.05) is 0 Å². The summed E-state index contributed by atoms with van der Waals surface area (Å²) in [7, 11) is 3.12. The monoisotopic (exact) mass is 360 g/mol. The summed E-state index contributed by atoms with van der Waals surface area (Å²) in [5.41, 5.74) is 7.48. The van der Waals surface area contributed by atoms with E-state index >= 15 is 0 Å². The highest BCUT2D eigenvalue weighted by Gasteiger charge is 2.17. The third-order valence-corrected chi connectivity index (χ3v) is 3.94. The average Bonchev–Trinajstić information content (AvgIpc) is 2.99. The number of halogens is 2. The summed E-state index contributed by atoms with van der Waals surface area (Å²) in [6.07, 6.45) is 3.27. The second-order valence-electron chi connectivity index (χ2n) is 5.78. The van der Waals surface area contributed by atoms with Crippen molar-refractivity contribution in [1.29, 1.82) is 0 Å². The minimum atomic E-state index is -0.708. The number of benzene rings is 1. The molecule has 2 aromatic heterocycles. The fourth-order valence-corrected chi connectivity index (χ4v) is 2.46. The van der Waals surface area contributed by atoms with Crippen molar-refractivity contribution in [3.63, 3.8) is 0 Å². The minimum Gasteiger partial charge on any atom is -0.497 e. The molecule has 0 saturated carbocycles. The third kappa shape index (κ3) is 3.56. The van der Waals surface area contributed by atoms with Crippen molar-refractivity contribution in [1.82, 2.24) is 19.7 Å². The first kappa shape index (κ1) is 17.6. The number of hydrogen-bond donors (Lipinski definition) is 2. The molecule has 1 aromatic carbocycles. The topological polar surface area (TPSA) is 90.9 Å². The van der Waals surface area contributed by atoms with Gasteiger partial charge in [0.2, 0.25) is 5.95 Å². The van der Waals surface area contributed by atoms with Crippen LogP contribution >= 0.6 is 0 Å². The lowest BCUT2D eigenvalue weighted by atomic mass is 10.0. The van der Waals surface area contributed by atoms with E-state index in [1.54, 1.807) is 31.0 Å². The van der Waals surface area contributed by atoms with Crippen molar-refractivity contribution in [2.75, 3.05) is 18.2 Å². The zero-order chi connectivity index (χ0) is 18.8. The number of hydrogen-bond acceptors (Lipinski definition) is 6. The number of aryl methyl sites for hydroxylation is 1. The van der Waals surface area contributed by atoms with E-state index in [1.165, 1.54) is 7.11 Å². The molecule has 0 fully saturated rings. The van der Waals surface area contributed by atoms with Crippen LogP contribution in [0.5, 0.6) is 5.75 Å². The number of nitrogens with one attached hydrogen (secondary N) is 1. The number of anilines is 3. The maximum atomic E-state index is 14.2. The first-order valence-corrected chi connectivity index (χ1v) is 7.78. The Balaban J connectivity index is 1.95. The zero-order valence-corrected chi connectivity index (χ0v) is 14.5. The molecule has 9 heteroatoms. The predicted molar refractivity (Wildman–Crippen MR) is 93.4 cm³/mol. The summed E-state index contributed by atoms with van der Waals surface area (Å²) in [5.74, 6) is -0.844. The standard InChI is InChI=1S/C17H18F2N6O/c1-9-15(6-12-13(18)4-11(26-3)5-14(12)19)23-17(24-16(9)20)22-10-7-21-25(2)8-10/h4-5,7-8H,6H2,1-3H3,(H3,20,22,23,24). The van der Waals surface area contributed by atoms with Gasteiger partial charge in [-0.25, -0.2) is 13.8 Å². The van der Waals surface area contributed by atoms with Gasteiger partial charge in [0.15, 0.2) is 0 Å². The van der Waals surface area contributed by atoms with E-state index in [9.17, 15) is 8.78 Å². The number of nitrogens with two attached hydrogens (primary N) is 1. The van der Waals surface area contributed by atoms with Crippen LogP contribution in [-0.4, -0.2) is 26.9 Å². The lowest BCUT2D eigenvalue weighted by Crippen LogP contribution is -2.09. The lowest BCUT2D eigenvalue weighted by Gasteiger charge is -2.12. The van der Waals surface area contributed by atoms with Crippen molar-refractivity contribution in [3.05, 3.63) is 53.0 Å². The van der Waals surface area contributed by atoms with Gasteiger partial charge in [-0.05, 0) is 6.92 Å². The summed E-state index contributed by atoms with van der Waals surface area (Å²) in [5, 5.41) is 7.01. The van der Waals surface area contributed by atoms with E-state index in [0.717, 1.165) is 12.1 Å².